The van der Waals surface area contributed by atoms with Gasteiger partial charge in [0, 0.05) is 32.5 Å². The Labute approximate surface area is 92.2 Å². The topological polar surface area (TPSA) is 40.6 Å². The smallest absolute Gasteiger partial charge is 0.223 e. The molecule has 88 valence electrons. The molecule has 0 radical (unpaired) electrons. The zero-order valence-corrected chi connectivity index (χ0v) is 10.4. The number of rotatable bonds is 6. The van der Waals surface area contributed by atoms with Crippen molar-refractivity contribution in [1.82, 2.24) is 9.80 Å². The Morgan fingerprint density at radius 3 is 2.07 bits per heavy atom. The lowest BCUT2D eigenvalue weighted by Crippen LogP contribution is -2.41. The molecule has 0 rings (SSSR count). The molecule has 0 aliphatic carbocycles. The zero-order chi connectivity index (χ0) is 12.0. The van der Waals surface area contributed by atoms with Crippen molar-refractivity contribution in [2.75, 3.05) is 27.7 Å². The molecule has 0 saturated heterocycles. The third-order valence-corrected chi connectivity index (χ3v) is 2.37. The van der Waals surface area contributed by atoms with E-state index in [9.17, 15) is 9.59 Å². The summed E-state index contributed by atoms with van der Waals surface area (Å²) in [7, 11) is 5.74. The molecule has 0 heterocycles. The monoisotopic (exact) mass is 214 g/mol. The van der Waals surface area contributed by atoms with Crippen LogP contribution in [0, 0.1) is 0 Å². The standard InChI is InChI=1S/C11H22N2O2/c1-9(8-12(3)4)13(5)11(15)7-6-10(2)14/h9H,6-8H2,1-5H3. The average Bonchev–Trinajstić information content (AvgIpc) is 2.11. The van der Waals surface area contributed by atoms with Crippen molar-refractivity contribution in [1.29, 1.82) is 0 Å². The van der Waals surface area contributed by atoms with Crippen LogP contribution in [0.15, 0.2) is 0 Å². The second-order valence-electron chi connectivity index (χ2n) is 4.32. The van der Waals surface area contributed by atoms with Crippen molar-refractivity contribution >= 4 is 11.7 Å². The molecule has 1 atom stereocenters. The molecule has 0 aromatic rings. The van der Waals surface area contributed by atoms with Gasteiger partial charge in [-0.1, -0.05) is 0 Å². The number of carbonyl (C=O) groups excluding carboxylic acids is 2. The largest absolute Gasteiger partial charge is 0.342 e. The minimum atomic E-state index is 0.0413. The molecule has 0 aromatic carbocycles. The molecule has 1 unspecified atom stereocenters. The maximum Gasteiger partial charge on any atom is 0.223 e. The van der Waals surface area contributed by atoms with E-state index in [-0.39, 0.29) is 17.7 Å². The molecule has 15 heavy (non-hydrogen) atoms. The van der Waals surface area contributed by atoms with Crippen LogP contribution in [-0.4, -0.2) is 55.2 Å². The van der Waals surface area contributed by atoms with Crippen LogP contribution in [-0.2, 0) is 9.59 Å². The maximum absolute atomic E-state index is 11.6. The summed E-state index contributed by atoms with van der Waals surface area (Å²) in [5, 5.41) is 0. The Hall–Kier alpha value is -0.900. The van der Waals surface area contributed by atoms with Crippen molar-refractivity contribution in [2.24, 2.45) is 0 Å². The Morgan fingerprint density at radius 2 is 1.67 bits per heavy atom. The first-order valence-electron chi connectivity index (χ1n) is 5.24. The van der Waals surface area contributed by atoms with Gasteiger partial charge >= 0.3 is 0 Å². The third kappa shape index (κ3) is 6.23. The first-order chi connectivity index (χ1) is 6.84. The molecule has 0 saturated carbocycles. The molecule has 0 spiro atoms. The van der Waals surface area contributed by atoms with E-state index in [1.807, 2.05) is 25.9 Å². The number of nitrogens with zero attached hydrogens (tertiary/aromatic N) is 2. The average molecular weight is 214 g/mol. The van der Waals surface area contributed by atoms with Gasteiger partial charge in [0.2, 0.25) is 5.91 Å². The molecule has 0 bridgehead atoms. The predicted molar refractivity (Wildman–Crippen MR) is 60.7 cm³/mol. The second-order valence-corrected chi connectivity index (χ2v) is 4.32. The van der Waals surface area contributed by atoms with Gasteiger partial charge in [0.15, 0.2) is 0 Å². The minimum Gasteiger partial charge on any atom is -0.342 e. The van der Waals surface area contributed by atoms with Crippen LogP contribution >= 0.6 is 0 Å². The first-order valence-corrected chi connectivity index (χ1v) is 5.24. The summed E-state index contributed by atoms with van der Waals surface area (Å²) >= 11 is 0. The fraction of sp³-hybridized carbons (Fsp3) is 0.818. The van der Waals surface area contributed by atoms with E-state index in [2.05, 4.69) is 0 Å². The van der Waals surface area contributed by atoms with Gasteiger partial charge in [-0.2, -0.15) is 0 Å². The molecule has 4 nitrogen and oxygen atoms in total. The van der Waals surface area contributed by atoms with E-state index in [0.717, 1.165) is 6.54 Å². The number of amides is 1. The molecule has 0 fully saturated rings. The Kier molecular flexibility index (Phi) is 6.17. The fourth-order valence-corrected chi connectivity index (χ4v) is 1.36. The highest BCUT2D eigenvalue weighted by molar-refractivity contribution is 5.83. The molecule has 0 N–H and O–H groups in total. The Morgan fingerprint density at radius 1 is 1.13 bits per heavy atom. The highest BCUT2D eigenvalue weighted by atomic mass is 16.2. The van der Waals surface area contributed by atoms with E-state index in [4.69, 9.17) is 0 Å². The van der Waals surface area contributed by atoms with Crippen molar-refractivity contribution in [3.8, 4) is 0 Å². The van der Waals surface area contributed by atoms with Gasteiger partial charge in [-0.25, -0.2) is 0 Å². The number of Topliss-reactive ketones (excluding diaryl/α,β-unsaturated/α-hetero) is 1. The molecule has 0 aliphatic heterocycles. The van der Waals surface area contributed by atoms with E-state index in [1.165, 1.54) is 6.92 Å². The zero-order valence-electron chi connectivity index (χ0n) is 10.4. The Bertz CT molecular complexity index is 227. The van der Waals surface area contributed by atoms with Gasteiger partial charge in [0.25, 0.3) is 0 Å². The van der Waals surface area contributed by atoms with Crippen molar-refractivity contribution in [3.63, 3.8) is 0 Å². The van der Waals surface area contributed by atoms with Gasteiger partial charge in [-0.3, -0.25) is 4.79 Å². The van der Waals surface area contributed by atoms with E-state index in [1.54, 1.807) is 11.9 Å². The number of hydrogen-bond donors (Lipinski definition) is 0. The summed E-state index contributed by atoms with van der Waals surface area (Å²) in [4.78, 5) is 26.1. The lowest BCUT2D eigenvalue weighted by Gasteiger charge is -2.27. The normalized spacial score (nSPS) is 12.7. The van der Waals surface area contributed by atoms with Crippen LogP contribution in [0.25, 0.3) is 0 Å². The number of hydrogen-bond acceptors (Lipinski definition) is 3. The van der Waals surface area contributed by atoms with Crippen LogP contribution in [0.2, 0.25) is 0 Å². The first kappa shape index (κ1) is 14.1. The molecular formula is C11H22N2O2. The van der Waals surface area contributed by atoms with Crippen LogP contribution in [0.1, 0.15) is 26.7 Å². The SMILES string of the molecule is CC(=O)CCC(=O)N(C)C(C)CN(C)C. The van der Waals surface area contributed by atoms with Crippen LogP contribution in [0.5, 0.6) is 0 Å². The summed E-state index contributed by atoms with van der Waals surface area (Å²) < 4.78 is 0. The van der Waals surface area contributed by atoms with Gasteiger partial charge in [-0.15, -0.1) is 0 Å². The van der Waals surface area contributed by atoms with Crippen LogP contribution in [0.4, 0.5) is 0 Å². The molecule has 4 heteroatoms. The summed E-state index contributed by atoms with van der Waals surface area (Å²) in [6, 6.07) is 0.180. The van der Waals surface area contributed by atoms with Crippen molar-refractivity contribution in [3.05, 3.63) is 0 Å². The van der Waals surface area contributed by atoms with Crippen LogP contribution < -0.4 is 0 Å². The van der Waals surface area contributed by atoms with Gasteiger partial charge in [-0.05, 0) is 27.9 Å². The predicted octanol–water partition coefficient (Wildman–Crippen LogP) is 0.764. The van der Waals surface area contributed by atoms with Crippen molar-refractivity contribution < 1.29 is 9.59 Å². The molecule has 1 amide bonds. The lowest BCUT2D eigenvalue weighted by atomic mass is 10.2. The highest BCUT2D eigenvalue weighted by Crippen LogP contribution is 2.02. The maximum atomic E-state index is 11.6. The molecule has 0 aromatic heterocycles. The van der Waals surface area contributed by atoms with Gasteiger partial charge < -0.3 is 14.6 Å². The van der Waals surface area contributed by atoms with E-state index >= 15 is 0 Å². The van der Waals surface area contributed by atoms with Crippen LogP contribution in [0.3, 0.4) is 0 Å². The fourth-order valence-electron chi connectivity index (χ4n) is 1.36. The second kappa shape index (κ2) is 6.56. The van der Waals surface area contributed by atoms with Gasteiger partial charge in [0.1, 0.15) is 5.78 Å². The van der Waals surface area contributed by atoms with E-state index < -0.39 is 0 Å². The quantitative estimate of drug-likeness (QED) is 0.655. The summed E-state index contributed by atoms with van der Waals surface area (Å²) in [6.07, 6.45) is 0.668. The third-order valence-electron chi connectivity index (χ3n) is 2.37. The van der Waals surface area contributed by atoms with Crippen molar-refractivity contribution in [2.45, 2.75) is 32.7 Å². The minimum absolute atomic E-state index is 0.0413. The van der Waals surface area contributed by atoms with Gasteiger partial charge in [0.05, 0.1) is 0 Å². The summed E-state index contributed by atoms with van der Waals surface area (Å²) in [5.41, 5.74) is 0. The number of ketones is 1. The molecule has 0 aliphatic rings. The number of likely N-dealkylation sites (N-methyl/N-ethyl adjacent to an activating group) is 2. The Balaban J connectivity index is 4.01. The summed E-state index contributed by atoms with van der Waals surface area (Å²) in [5.74, 6) is 0.108. The van der Waals surface area contributed by atoms with E-state index in [0.29, 0.717) is 12.8 Å². The highest BCUT2D eigenvalue weighted by Gasteiger charge is 2.16. The number of carbonyl (C=O) groups is 2. The lowest BCUT2D eigenvalue weighted by molar-refractivity contribution is -0.133. The summed E-state index contributed by atoms with van der Waals surface area (Å²) in [6.45, 7) is 4.35. The molecular weight excluding hydrogens is 192 g/mol.